The summed E-state index contributed by atoms with van der Waals surface area (Å²) >= 11 is 0. The zero-order valence-corrected chi connectivity index (χ0v) is 10.9. The van der Waals surface area contributed by atoms with Gasteiger partial charge in [-0.25, -0.2) is 4.98 Å². The minimum absolute atomic E-state index is 0.00216. The topological polar surface area (TPSA) is 93.0 Å². The summed E-state index contributed by atoms with van der Waals surface area (Å²) in [5.41, 5.74) is 8.40. The number of nitrogens with one attached hydrogen (secondary N) is 2. The van der Waals surface area contributed by atoms with Crippen molar-refractivity contribution in [1.82, 2.24) is 15.3 Å². The molecular formula is C14H16N4O2. The molecular weight excluding hydrogens is 256 g/mol. The second-order valence-corrected chi connectivity index (χ2v) is 5.50. The van der Waals surface area contributed by atoms with E-state index < -0.39 is 0 Å². The molecule has 2 aliphatic rings. The third-order valence-corrected chi connectivity index (χ3v) is 4.43. The van der Waals surface area contributed by atoms with Crippen LogP contribution in [0.5, 0.6) is 0 Å². The maximum atomic E-state index is 12.3. The molecule has 6 heteroatoms. The fraction of sp³-hybridized carbons (Fsp3) is 0.429. The number of ether oxygens (including phenoxy) is 1. The molecule has 6 nitrogen and oxygen atoms in total. The Balaban J connectivity index is 1.52. The zero-order valence-electron chi connectivity index (χ0n) is 10.9. The first-order chi connectivity index (χ1) is 9.74. The van der Waals surface area contributed by atoms with Crippen LogP contribution in [0.15, 0.2) is 24.5 Å². The molecule has 1 amide bonds. The molecule has 1 saturated carbocycles. The number of hydrogen-bond acceptors (Lipinski definition) is 4. The third-order valence-electron chi connectivity index (χ3n) is 4.43. The van der Waals surface area contributed by atoms with Crippen molar-refractivity contribution in [3.8, 4) is 0 Å². The summed E-state index contributed by atoms with van der Waals surface area (Å²) in [6.07, 6.45) is 2.70. The van der Waals surface area contributed by atoms with Gasteiger partial charge in [0.1, 0.15) is 0 Å². The zero-order chi connectivity index (χ0) is 13.7. The van der Waals surface area contributed by atoms with E-state index in [0.717, 1.165) is 24.1 Å². The first kappa shape index (κ1) is 11.9. The third kappa shape index (κ3) is 1.65. The molecule has 1 aromatic carbocycles. The number of benzene rings is 1. The fourth-order valence-corrected chi connectivity index (χ4v) is 3.24. The van der Waals surface area contributed by atoms with Crippen LogP contribution in [0.2, 0.25) is 0 Å². The molecule has 0 spiro atoms. The molecule has 0 bridgehead atoms. The standard InChI is InChI=1S/C14H16N4O2/c15-11-8-3-4-20-13(8)12(11)18-14(19)7-1-2-9-10(5-7)17-6-16-9/h1-2,5-6,8,11-13H,3-4,15H2,(H,16,17)(H,18,19). The minimum Gasteiger partial charge on any atom is -0.376 e. The number of carbonyl (C=O) groups excluding carboxylic acids is 1. The van der Waals surface area contributed by atoms with Gasteiger partial charge in [0.2, 0.25) is 0 Å². The van der Waals surface area contributed by atoms with E-state index >= 15 is 0 Å². The van der Waals surface area contributed by atoms with E-state index in [9.17, 15) is 4.79 Å². The number of amides is 1. The van der Waals surface area contributed by atoms with Gasteiger partial charge >= 0.3 is 0 Å². The number of H-pyrrole nitrogens is 1. The van der Waals surface area contributed by atoms with Crippen molar-refractivity contribution in [2.24, 2.45) is 11.7 Å². The monoisotopic (exact) mass is 272 g/mol. The second-order valence-electron chi connectivity index (χ2n) is 5.50. The Morgan fingerprint density at radius 2 is 2.40 bits per heavy atom. The predicted molar refractivity (Wildman–Crippen MR) is 73.2 cm³/mol. The molecule has 4 N–H and O–H groups in total. The summed E-state index contributed by atoms with van der Waals surface area (Å²) in [5, 5.41) is 2.99. The Bertz CT molecular complexity index is 668. The van der Waals surface area contributed by atoms with Crippen LogP contribution < -0.4 is 11.1 Å². The Hall–Kier alpha value is -1.92. The van der Waals surface area contributed by atoms with Crippen LogP contribution in [0.4, 0.5) is 0 Å². The molecule has 104 valence electrons. The molecule has 4 atom stereocenters. The first-order valence-corrected chi connectivity index (χ1v) is 6.85. The van der Waals surface area contributed by atoms with Gasteiger partial charge in [-0.15, -0.1) is 0 Å². The molecule has 2 fully saturated rings. The molecule has 1 aromatic heterocycles. The van der Waals surface area contributed by atoms with Crippen molar-refractivity contribution in [3.05, 3.63) is 30.1 Å². The highest BCUT2D eigenvalue weighted by Crippen LogP contribution is 2.37. The van der Waals surface area contributed by atoms with Gasteiger partial charge in [-0.1, -0.05) is 0 Å². The number of carbonyl (C=O) groups is 1. The van der Waals surface area contributed by atoms with Crippen LogP contribution in [0.1, 0.15) is 16.8 Å². The Morgan fingerprint density at radius 1 is 1.50 bits per heavy atom. The number of nitrogens with two attached hydrogens (primary N) is 1. The molecule has 1 aliphatic heterocycles. The summed E-state index contributed by atoms with van der Waals surface area (Å²) in [7, 11) is 0. The van der Waals surface area contributed by atoms with Crippen molar-refractivity contribution in [2.45, 2.75) is 24.6 Å². The highest BCUT2D eigenvalue weighted by atomic mass is 16.5. The van der Waals surface area contributed by atoms with Crippen molar-refractivity contribution in [1.29, 1.82) is 0 Å². The van der Waals surface area contributed by atoms with Gasteiger partial charge in [-0.2, -0.15) is 0 Å². The van der Waals surface area contributed by atoms with Gasteiger partial charge in [-0.05, 0) is 24.6 Å². The number of hydrogen-bond donors (Lipinski definition) is 3. The largest absolute Gasteiger partial charge is 0.376 e. The van der Waals surface area contributed by atoms with Gasteiger partial charge in [0.05, 0.1) is 29.5 Å². The van der Waals surface area contributed by atoms with E-state index in [2.05, 4.69) is 15.3 Å². The molecule has 4 rings (SSSR count). The summed E-state index contributed by atoms with van der Waals surface area (Å²) in [6, 6.07) is 5.33. The summed E-state index contributed by atoms with van der Waals surface area (Å²) < 4.78 is 5.62. The maximum Gasteiger partial charge on any atom is 0.251 e. The van der Waals surface area contributed by atoms with Crippen LogP contribution in [-0.4, -0.2) is 40.7 Å². The Kier molecular flexibility index (Phi) is 2.55. The quantitative estimate of drug-likeness (QED) is 0.738. The van der Waals surface area contributed by atoms with Crippen molar-refractivity contribution < 1.29 is 9.53 Å². The first-order valence-electron chi connectivity index (χ1n) is 6.85. The van der Waals surface area contributed by atoms with Gasteiger partial charge < -0.3 is 20.8 Å². The minimum atomic E-state index is -0.115. The molecule has 1 saturated heterocycles. The molecule has 4 unspecified atom stereocenters. The molecule has 0 radical (unpaired) electrons. The lowest BCUT2D eigenvalue weighted by Crippen LogP contribution is -2.68. The lowest BCUT2D eigenvalue weighted by atomic mass is 9.72. The Morgan fingerprint density at radius 3 is 3.30 bits per heavy atom. The Labute approximate surface area is 115 Å². The van der Waals surface area contributed by atoms with Crippen LogP contribution in [0.3, 0.4) is 0 Å². The lowest BCUT2D eigenvalue weighted by molar-refractivity contribution is -0.0161. The van der Waals surface area contributed by atoms with E-state index in [1.807, 2.05) is 6.07 Å². The smallest absolute Gasteiger partial charge is 0.251 e. The lowest BCUT2D eigenvalue weighted by Gasteiger charge is -2.45. The van der Waals surface area contributed by atoms with Gasteiger partial charge in [0.25, 0.3) is 5.91 Å². The number of rotatable bonds is 2. The van der Waals surface area contributed by atoms with E-state index in [0.29, 0.717) is 11.5 Å². The molecule has 20 heavy (non-hydrogen) atoms. The van der Waals surface area contributed by atoms with E-state index in [-0.39, 0.29) is 24.1 Å². The van der Waals surface area contributed by atoms with Crippen molar-refractivity contribution in [3.63, 3.8) is 0 Å². The number of imidazole rings is 1. The fourth-order valence-electron chi connectivity index (χ4n) is 3.24. The van der Waals surface area contributed by atoms with Gasteiger partial charge in [-0.3, -0.25) is 4.79 Å². The summed E-state index contributed by atoms with van der Waals surface area (Å²) in [6.45, 7) is 0.746. The van der Waals surface area contributed by atoms with E-state index in [1.165, 1.54) is 0 Å². The van der Waals surface area contributed by atoms with Gasteiger partial charge in [0.15, 0.2) is 0 Å². The van der Waals surface area contributed by atoms with Crippen LogP contribution in [0, 0.1) is 5.92 Å². The normalized spacial score (nSPS) is 31.9. The van der Waals surface area contributed by atoms with Crippen molar-refractivity contribution in [2.75, 3.05) is 6.61 Å². The van der Waals surface area contributed by atoms with E-state index in [1.54, 1.807) is 18.5 Å². The predicted octanol–water partition coefficient (Wildman–Crippen LogP) is 0.407. The second kappa shape index (κ2) is 4.29. The molecule has 2 aromatic rings. The average Bonchev–Trinajstić information content (AvgIpc) is 3.10. The molecule has 1 aliphatic carbocycles. The highest BCUT2D eigenvalue weighted by Gasteiger charge is 2.52. The number of aromatic amines is 1. The van der Waals surface area contributed by atoms with Gasteiger partial charge in [0, 0.05) is 24.1 Å². The maximum absolute atomic E-state index is 12.3. The highest BCUT2D eigenvalue weighted by molar-refractivity contribution is 5.97. The number of fused-ring (bicyclic) bond motifs is 2. The van der Waals surface area contributed by atoms with E-state index in [4.69, 9.17) is 10.5 Å². The number of nitrogens with zero attached hydrogens (tertiary/aromatic N) is 1. The number of aromatic nitrogens is 2. The molecule has 2 heterocycles. The SMILES string of the molecule is NC1C2CCOC2C1NC(=O)c1ccc2nc[nH]c2c1. The van der Waals surface area contributed by atoms with Crippen LogP contribution in [0.25, 0.3) is 11.0 Å². The van der Waals surface area contributed by atoms with Crippen LogP contribution in [-0.2, 0) is 4.74 Å². The van der Waals surface area contributed by atoms with Crippen LogP contribution >= 0.6 is 0 Å². The van der Waals surface area contributed by atoms with Crippen molar-refractivity contribution >= 4 is 16.9 Å². The summed E-state index contributed by atoms with van der Waals surface area (Å²) in [5.74, 6) is 0.284. The summed E-state index contributed by atoms with van der Waals surface area (Å²) in [4.78, 5) is 19.4. The average molecular weight is 272 g/mol.